The van der Waals surface area contributed by atoms with Gasteiger partial charge < -0.3 is 9.55 Å². The van der Waals surface area contributed by atoms with Gasteiger partial charge in [0.15, 0.2) is 0 Å². The SMILES string of the molecule is Cc1ccccc1Cn1cc(C=C(C#N)c2nc3ccccc3[nH]2)c2ccccc21. The Hall–Kier alpha value is -4.10. The molecule has 0 aliphatic heterocycles. The lowest BCUT2D eigenvalue weighted by Gasteiger charge is -2.08. The molecule has 5 aromatic rings. The van der Waals surface area contributed by atoms with Crippen LogP contribution in [0.4, 0.5) is 0 Å². The summed E-state index contributed by atoms with van der Waals surface area (Å²) in [6, 6.07) is 26.9. The summed E-state index contributed by atoms with van der Waals surface area (Å²) in [5, 5.41) is 11.0. The van der Waals surface area contributed by atoms with E-state index in [2.05, 4.69) is 76.2 Å². The minimum absolute atomic E-state index is 0.519. The molecule has 4 heteroatoms. The summed E-state index contributed by atoms with van der Waals surface area (Å²) < 4.78 is 2.25. The van der Waals surface area contributed by atoms with E-state index in [9.17, 15) is 5.26 Å². The van der Waals surface area contributed by atoms with Gasteiger partial charge in [-0.15, -0.1) is 0 Å². The Labute approximate surface area is 174 Å². The number of hydrogen-bond donors (Lipinski definition) is 1. The maximum absolute atomic E-state index is 9.83. The second-order valence-electron chi connectivity index (χ2n) is 7.43. The lowest BCUT2D eigenvalue weighted by molar-refractivity contribution is 0.830. The molecule has 3 aromatic carbocycles. The van der Waals surface area contributed by atoms with Gasteiger partial charge in [0.05, 0.1) is 16.6 Å². The third-order valence-corrected chi connectivity index (χ3v) is 5.49. The average molecular weight is 388 g/mol. The fourth-order valence-corrected chi connectivity index (χ4v) is 3.88. The standard InChI is InChI=1S/C26H20N4/c1-18-8-2-3-9-19(18)16-30-17-21(22-10-4-7-13-25(22)30)14-20(15-27)26-28-23-11-5-6-12-24(23)29-26/h2-14,17H,16H2,1H3,(H,28,29). The zero-order valence-corrected chi connectivity index (χ0v) is 16.6. The number of rotatable bonds is 4. The van der Waals surface area contributed by atoms with Crippen LogP contribution < -0.4 is 0 Å². The quantitative estimate of drug-likeness (QED) is 0.387. The highest BCUT2D eigenvalue weighted by molar-refractivity contribution is 5.98. The van der Waals surface area contributed by atoms with Crippen molar-refractivity contribution >= 4 is 33.6 Å². The minimum atomic E-state index is 0.519. The second-order valence-corrected chi connectivity index (χ2v) is 7.43. The molecule has 0 atom stereocenters. The summed E-state index contributed by atoms with van der Waals surface area (Å²) in [5.74, 6) is 0.592. The first-order valence-corrected chi connectivity index (χ1v) is 9.92. The zero-order chi connectivity index (χ0) is 20.5. The van der Waals surface area contributed by atoms with Gasteiger partial charge in [0.25, 0.3) is 0 Å². The van der Waals surface area contributed by atoms with Crippen molar-refractivity contribution in [2.24, 2.45) is 0 Å². The molecule has 0 fully saturated rings. The van der Waals surface area contributed by atoms with Gasteiger partial charge in [-0.05, 0) is 42.3 Å². The van der Waals surface area contributed by atoms with Crippen molar-refractivity contribution in [3.8, 4) is 6.07 Å². The largest absolute Gasteiger partial charge is 0.342 e. The summed E-state index contributed by atoms with van der Waals surface area (Å²) in [4.78, 5) is 7.85. The van der Waals surface area contributed by atoms with Gasteiger partial charge in [0.2, 0.25) is 0 Å². The van der Waals surface area contributed by atoms with Crippen LogP contribution in [0.15, 0.2) is 79.0 Å². The number of imidazole rings is 1. The predicted octanol–water partition coefficient (Wildman–Crippen LogP) is 5.94. The molecule has 0 bridgehead atoms. The fourth-order valence-electron chi connectivity index (χ4n) is 3.88. The van der Waals surface area contributed by atoms with Gasteiger partial charge in [0, 0.05) is 29.2 Å². The molecule has 2 heterocycles. The first kappa shape index (κ1) is 18.0. The summed E-state index contributed by atoms with van der Waals surface area (Å²) in [7, 11) is 0. The Balaban J connectivity index is 1.61. The highest BCUT2D eigenvalue weighted by atomic mass is 15.0. The molecule has 0 aliphatic rings. The summed E-state index contributed by atoms with van der Waals surface area (Å²) in [6.07, 6.45) is 4.05. The van der Waals surface area contributed by atoms with E-state index < -0.39 is 0 Å². The van der Waals surface area contributed by atoms with Crippen LogP contribution in [-0.4, -0.2) is 14.5 Å². The number of hydrogen-bond acceptors (Lipinski definition) is 2. The molecule has 1 N–H and O–H groups in total. The Morgan fingerprint density at radius 1 is 1.03 bits per heavy atom. The van der Waals surface area contributed by atoms with Crippen LogP contribution in [0, 0.1) is 18.3 Å². The van der Waals surface area contributed by atoms with E-state index in [0.717, 1.165) is 34.0 Å². The second kappa shape index (κ2) is 7.38. The van der Waals surface area contributed by atoms with Crippen LogP contribution in [-0.2, 0) is 6.54 Å². The van der Waals surface area contributed by atoms with Crippen molar-refractivity contribution in [3.05, 3.63) is 102 Å². The third kappa shape index (κ3) is 3.17. The Morgan fingerprint density at radius 2 is 1.80 bits per heavy atom. The zero-order valence-electron chi connectivity index (χ0n) is 16.6. The molecule has 4 nitrogen and oxygen atoms in total. The number of H-pyrrole nitrogens is 1. The number of allylic oxidation sites excluding steroid dienone is 1. The third-order valence-electron chi connectivity index (χ3n) is 5.49. The number of para-hydroxylation sites is 3. The van der Waals surface area contributed by atoms with Gasteiger partial charge in [0.1, 0.15) is 11.9 Å². The van der Waals surface area contributed by atoms with E-state index in [1.54, 1.807) is 0 Å². The van der Waals surface area contributed by atoms with Crippen molar-refractivity contribution < 1.29 is 0 Å². The number of benzene rings is 3. The van der Waals surface area contributed by atoms with Crippen LogP contribution in [0.1, 0.15) is 22.5 Å². The number of fused-ring (bicyclic) bond motifs is 2. The molecule has 0 aliphatic carbocycles. The maximum Gasteiger partial charge on any atom is 0.149 e. The number of nitrogens with zero attached hydrogens (tertiary/aromatic N) is 3. The smallest absolute Gasteiger partial charge is 0.149 e. The van der Waals surface area contributed by atoms with E-state index in [1.165, 1.54) is 11.1 Å². The fraction of sp³-hybridized carbons (Fsp3) is 0.0769. The van der Waals surface area contributed by atoms with E-state index in [-0.39, 0.29) is 0 Å². The molecule has 0 spiro atoms. The van der Waals surface area contributed by atoms with E-state index in [0.29, 0.717) is 11.4 Å². The van der Waals surface area contributed by atoms with Gasteiger partial charge >= 0.3 is 0 Å². The topological polar surface area (TPSA) is 57.4 Å². The van der Waals surface area contributed by atoms with Crippen LogP contribution in [0.25, 0.3) is 33.6 Å². The van der Waals surface area contributed by atoms with Crippen molar-refractivity contribution in [1.82, 2.24) is 14.5 Å². The Kier molecular flexibility index (Phi) is 4.42. The average Bonchev–Trinajstić information content (AvgIpc) is 3.35. The highest BCUT2D eigenvalue weighted by Gasteiger charge is 2.12. The normalized spacial score (nSPS) is 11.8. The number of aryl methyl sites for hydroxylation is 1. The van der Waals surface area contributed by atoms with Gasteiger partial charge in [-0.3, -0.25) is 0 Å². The summed E-state index contributed by atoms with van der Waals surface area (Å²) in [5.41, 5.74) is 7.01. The van der Waals surface area contributed by atoms with E-state index in [4.69, 9.17) is 0 Å². The van der Waals surface area contributed by atoms with Crippen LogP contribution in [0.5, 0.6) is 0 Å². The van der Waals surface area contributed by atoms with E-state index in [1.807, 2.05) is 36.4 Å². The maximum atomic E-state index is 9.83. The van der Waals surface area contributed by atoms with Crippen LogP contribution in [0.2, 0.25) is 0 Å². The van der Waals surface area contributed by atoms with Crippen molar-refractivity contribution in [1.29, 1.82) is 5.26 Å². The number of aromatic nitrogens is 3. The summed E-state index contributed by atoms with van der Waals surface area (Å²) in [6.45, 7) is 2.92. The lowest BCUT2D eigenvalue weighted by Crippen LogP contribution is -1.99. The van der Waals surface area contributed by atoms with Crippen LogP contribution in [0.3, 0.4) is 0 Å². The molecule has 2 aromatic heterocycles. The predicted molar refractivity (Wildman–Crippen MR) is 122 cm³/mol. The molecule has 5 rings (SSSR count). The number of nitriles is 1. The highest BCUT2D eigenvalue weighted by Crippen LogP contribution is 2.27. The van der Waals surface area contributed by atoms with Crippen LogP contribution >= 0.6 is 0 Å². The van der Waals surface area contributed by atoms with Gasteiger partial charge in [-0.1, -0.05) is 54.6 Å². The molecule has 0 unspecified atom stereocenters. The Morgan fingerprint density at radius 3 is 2.63 bits per heavy atom. The molecule has 144 valence electrons. The van der Waals surface area contributed by atoms with Gasteiger partial charge in [-0.25, -0.2) is 4.98 Å². The van der Waals surface area contributed by atoms with Crippen molar-refractivity contribution in [2.45, 2.75) is 13.5 Å². The molecule has 0 amide bonds. The Bertz CT molecular complexity index is 1410. The number of aromatic amines is 1. The molecule has 0 saturated heterocycles. The molecule has 0 saturated carbocycles. The first-order chi connectivity index (χ1) is 14.7. The summed E-state index contributed by atoms with van der Waals surface area (Å²) >= 11 is 0. The van der Waals surface area contributed by atoms with Crippen molar-refractivity contribution in [2.75, 3.05) is 0 Å². The molecule has 30 heavy (non-hydrogen) atoms. The minimum Gasteiger partial charge on any atom is -0.342 e. The lowest BCUT2D eigenvalue weighted by atomic mass is 10.1. The monoisotopic (exact) mass is 388 g/mol. The van der Waals surface area contributed by atoms with Crippen molar-refractivity contribution in [3.63, 3.8) is 0 Å². The molecular formula is C26H20N4. The number of nitrogens with one attached hydrogen (secondary N) is 1. The first-order valence-electron chi connectivity index (χ1n) is 9.92. The van der Waals surface area contributed by atoms with Gasteiger partial charge in [-0.2, -0.15) is 5.26 Å². The molecule has 0 radical (unpaired) electrons. The molecular weight excluding hydrogens is 368 g/mol. The van der Waals surface area contributed by atoms with E-state index >= 15 is 0 Å².